The van der Waals surface area contributed by atoms with Crippen molar-refractivity contribution in [1.82, 2.24) is 5.32 Å². The predicted octanol–water partition coefficient (Wildman–Crippen LogP) is 0.938. The number of rotatable bonds is 5. The molecule has 6 heteroatoms. The second-order valence-corrected chi connectivity index (χ2v) is 3.72. The summed E-state index contributed by atoms with van der Waals surface area (Å²) in [5, 5.41) is 5.05. The Morgan fingerprint density at radius 1 is 1.16 bits per heavy atom. The molecule has 0 bridgehead atoms. The molecule has 2 N–H and O–H groups in total. The first-order valence-electron chi connectivity index (χ1n) is 5.84. The van der Waals surface area contributed by atoms with Gasteiger partial charge in [0.25, 0.3) is 11.8 Å². The maximum Gasteiger partial charge on any atom is 0.306 e. The Balaban J connectivity index is 2.51. The summed E-state index contributed by atoms with van der Waals surface area (Å²) >= 11 is 0. The summed E-state index contributed by atoms with van der Waals surface area (Å²) in [6.07, 6.45) is 0.230. The van der Waals surface area contributed by atoms with E-state index in [1.807, 2.05) is 0 Å². The molecule has 102 valence electrons. The van der Waals surface area contributed by atoms with Gasteiger partial charge in [0.1, 0.15) is 0 Å². The van der Waals surface area contributed by atoms with Crippen molar-refractivity contribution in [3.8, 4) is 0 Å². The number of amides is 2. The number of benzene rings is 1. The Kier molecular flexibility index (Phi) is 5.53. The molecule has 1 aromatic carbocycles. The van der Waals surface area contributed by atoms with E-state index in [0.717, 1.165) is 0 Å². The van der Waals surface area contributed by atoms with Crippen molar-refractivity contribution in [2.45, 2.75) is 13.3 Å². The van der Waals surface area contributed by atoms with Crippen LogP contribution in [0.1, 0.15) is 23.7 Å². The molecule has 0 spiro atoms. The van der Waals surface area contributed by atoms with Gasteiger partial charge in [-0.05, 0) is 24.3 Å². The number of ether oxygens (including phenoxy) is 1. The van der Waals surface area contributed by atoms with E-state index in [9.17, 15) is 14.4 Å². The van der Waals surface area contributed by atoms with Gasteiger partial charge in [0.2, 0.25) is 0 Å². The zero-order chi connectivity index (χ0) is 14.3. The van der Waals surface area contributed by atoms with Gasteiger partial charge in [0, 0.05) is 24.7 Å². The first kappa shape index (κ1) is 14.7. The first-order valence-corrected chi connectivity index (χ1v) is 5.84. The Bertz CT molecular complexity index is 468. The van der Waals surface area contributed by atoms with Crippen LogP contribution >= 0.6 is 0 Å². The molecule has 0 aliphatic heterocycles. The molecule has 6 nitrogen and oxygen atoms in total. The molecular formula is C13H16N2O4. The van der Waals surface area contributed by atoms with Gasteiger partial charge in [-0.1, -0.05) is 6.92 Å². The van der Waals surface area contributed by atoms with E-state index in [-0.39, 0.29) is 18.9 Å². The maximum absolute atomic E-state index is 11.4. The van der Waals surface area contributed by atoms with Crippen LogP contribution in [0.25, 0.3) is 0 Å². The first-order chi connectivity index (χ1) is 9.06. The highest BCUT2D eigenvalue weighted by atomic mass is 16.5. The van der Waals surface area contributed by atoms with E-state index in [4.69, 9.17) is 0 Å². The quantitative estimate of drug-likeness (QED) is 0.775. The zero-order valence-electron chi connectivity index (χ0n) is 10.9. The molecule has 0 aliphatic rings. The van der Waals surface area contributed by atoms with Crippen molar-refractivity contribution in [2.75, 3.05) is 19.0 Å². The fourth-order valence-electron chi connectivity index (χ4n) is 1.29. The number of esters is 1. The van der Waals surface area contributed by atoms with E-state index in [1.165, 1.54) is 0 Å². The molecule has 0 atom stereocenters. The molecule has 0 saturated carbocycles. The molecule has 0 heterocycles. The highest BCUT2D eigenvalue weighted by Gasteiger charge is 2.07. The molecule has 2 amide bonds. The Labute approximate surface area is 111 Å². The lowest BCUT2D eigenvalue weighted by atomic mass is 10.2. The fourth-order valence-corrected chi connectivity index (χ4v) is 1.29. The molecule has 19 heavy (non-hydrogen) atoms. The number of carbonyl (C=O) groups is 3. The van der Waals surface area contributed by atoms with Crippen molar-refractivity contribution in [3.05, 3.63) is 29.8 Å². The second-order valence-electron chi connectivity index (χ2n) is 3.72. The summed E-state index contributed by atoms with van der Waals surface area (Å²) in [4.78, 5) is 33.6. The molecule has 0 aliphatic carbocycles. The van der Waals surface area contributed by atoms with Crippen molar-refractivity contribution in [2.24, 2.45) is 0 Å². The SMILES string of the molecule is CCC(=O)OCC(=O)Nc1ccc(C(=O)NC)cc1. The van der Waals surface area contributed by atoms with Crippen molar-refractivity contribution in [1.29, 1.82) is 0 Å². The summed E-state index contributed by atoms with van der Waals surface area (Å²) in [6, 6.07) is 6.38. The molecule has 0 unspecified atom stereocenters. The lowest BCUT2D eigenvalue weighted by Crippen LogP contribution is -2.21. The lowest BCUT2D eigenvalue weighted by Gasteiger charge is -2.06. The molecule has 1 aromatic rings. The van der Waals surface area contributed by atoms with Crippen LogP contribution in [0.3, 0.4) is 0 Å². The Hall–Kier alpha value is -2.37. The summed E-state index contributed by atoms with van der Waals surface area (Å²) < 4.78 is 4.69. The molecule has 0 fully saturated rings. The van der Waals surface area contributed by atoms with E-state index in [0.29, 0.717) is 11.3 Å². The van der Waals surface area contributed by atoms with Gasteiger partial charge in [-0.3, -0.25) is 14.4 Å². The summed E-state index contributed by atoms with van der Waals surface area (Å²) in [7, 11) is 1.54. The van der Waals surface area contributed by atoms with E-state index in [2.05, 4.69) is 15.4 Å². The number of hydrogen-bond donors (Lipinski definition) is 2. The number of hydrogen-bond acceptors (Lipinski definition) is 4. The van der Waals surface area contributed by atoms with Crippen LogP contribution in [0.4, 0.5) is 5.69 Å². The highest BCUT2D eigenvalue weighted by Crippen LogP contribution is 2.09. The minimum absolute atomic E-state index is 0.199. The van der Waals surface area contributed by atoms with Gasteiger partial charge < -0.3 is 15.4 Å². The second kappa shape index (κ2) is 7.15. The van der Waals surface area contributed by atoms with Gasteiger partial charge in [-0.15, -0.1) is 0 Å². The predicted molar refractivity (Wildman–Crippen MR) is 69.7 cm³/mol. The Morgan fingerprint density at radius 3 is 2.32 bits per heavy atom. The standard InChI is InChI=1S/C13H16N2O4/c1-3-12(17)19-8-11(16)15-10-6-4-9(5-7-10)13(18)14-2/h4-7H,3,8H2,1-2H3,(H,14,18)(H,15,16). The van der Waals surface area contributed by atoms with E-state index < -0.39 is 11.9 Å². The normalized spacial score (nSPS) is 9.58. The third kappa shape index (κ3) is 4.79. The largest absolute Gasteiger partial charge is 0.456 e. The number of anilines is 1. The third-order valence-corrected chi connectivity index (χ3v) is 2.31. The van der Waals surface area contributed by atoms with Crippen molar-refractivity contribution >= 4 is 23.5 Å². The molecule has 0 aromatic heterocycles. The fraction of sp³-hybridized carbons (Fsp3) is 0.308. The van der Waals surface area contributed by atoms with Gasteiger partial charge in [-0.2, -0.15) is 0 Å². The average molecular weight is 264 g/mol. The minimum atomic E-state index is -0.426. The smallest absolute Gasteiger partial charge is 0.306 e. The van der Waals surface area contributed by atoms with Gasteiger partial charge >= 0.3 is 5.97 Å². The molecule has 0 radical (unpaired) electrons. The molecule has 1 rings (SSSR count). The van der Waals surface area contributed by atoms with Gasteiger partial charge in [-0.25, -0.2) is 0 Å². The van der Waals surface area contributed by atoms with Crippen LogP contribution in [0.5, 0.6) is 0 Å². The lowest BCUT2D eigenvalue weighted by molar-refractivity contribution is -0.146. The van der Waals surface area contributed by atoms with Crippen LogP contribution in [0.2, 0.25) is 0 Å². The van der Waals surface area contributed by atoms with Crippen LogP contribution in [0, 0.1) is 0 Å². The topological polar surface area (TPSA) is 84.5 Å². The monoisotopic (exact) mass is 264 g/mol. The van der Waals surface area contributed by atoms with Crippen LogP contribution in [0.15, 0.2) is 24.3 Å². The summed E-state index contributed by atoms with van der Waals surface area (Å²) in [6.45, 7) is 1.33. The molecule has 0 saturated heterocycles. The zero-order valence-corrected chi connectivity index (χ0v) is 10.9. The Morgan fingerprint density at radius 2 is 1.79 bits per heavy atom. The van der Waals surface area contributed by atoms with Gasteiger partial charge in [0.15, 0.2) is 6.61 Å². The highest BCUT2D eigenvalue weighted by molar-refractivity contribution is 5.96. The van der Waals surface area contributed by atoms with Gasteiger partial charge in [0.05, 0.1) is 0 Å². The van der Waals surface area contributed by atoms with E-state index in [1.54, 1.807) is 38.2 Å². The number of nitrogens with one attached hydrogen (secondary N) is 2. The summed E-state index contributed by atoms with van der Waals surface area (Å²) in [5.41, 5.74) is 1.03. The van der Waals surface area contributed by atoms with Crippen LogP contribution in [-0.4, -0.2) is 31.4 Å². The van der Waals surface area contributed by atoms with Crippen molar-refractivity contribution in [3.63, 3.8) is 0 Å². The summed E-state index contributed by atoms with van der Waals surface area (Å²) in [5.74, 6) is -1.05. The third-order valence-electron chi connectivity index (χ3n) is 2.31. The van der Waals surface area contributed by atoms with Crippen LogP contribution in [-0.2, 0) is 14.3 Å². The minimum Gasteiger partial charge on any atom is -0.456 e. The van der Waals surface area contributed by atoms with Crippen molar-refractivity contribution < 1.29 is 19.1 Å². The number of carbonyl (C=O) groups excluding carboxylic acids is 3. The maximum atomic E-state index is 11.4. The molecular weight excluding hydrogens is 248 g/mol. The van der Waals surface area contributed by atoms with Crippen LogP contribution < -0.4 is 10.6 Å². The average Bonchev–Trinajstić information content (AvgIpc) is 2.44. The van der Waals surface area contributed by atoms with E-state index >= 15 is 0 Å².